The van der Waals surface area contributed by atoms with Gasteiger partial charge < -0.3 is 15.2 Å². The Hall–Kier alpha value is -2.90. The number of ether oxygens (including phenoxy) is 2. The number of nitrogens with two attached hydrogens (primary N) is 1. The summed E-state index contributed by atoms with van der Waals surface area (Å²) < 4.78 is 23.3. The minimum Gasteiger partial charge on any atom is -0.481 e. The van der Waals surface area contributed by atoms with Gasteiger partial charge in [-0.25, -0.2) is 4.39 Å². The Labute approximate surface area is 119 Å². The lowest BCUT2D eigenvalue weighted by Gasteiger charge is -2.08. The van der Waals surface area contributed by atoms with Crippen molar-refractivity contribution >= 4 is 17.5 Å². The molecule has 0 spiro atoms. The molecule has 1 aromatic carbocycles. The third-order valence-corrected chi connectivity index (χ3v) is 2.59. The van der Waals surface area contributed by atoms with Crippen LogP contribution >= 0.6 is 0 Å². The molecule has 0 aliphatic carbocycles. The van der Waals surface area contributed by atoms with Gasteiger partial charge in [-0.3, -0.25) is 10.1 Å². The van der Waals surface area contributed by atoms with Gasteiger partial charge in [0.2, 0.25) is 17.7 Å². The van der Waals surface area contributed by atoms with E-state index < -0.39 is 11.7 Å². The van der Waals surface area contributed by atoms with Gasteiger partial charge in [-0.05, 0) is 18.2 Å². The van der Waals surface area contributed by atoms with Crippen molar-refractivity contribution < 1.29 is 18.7 Å². The molecule has 1 amide bonds. The van der Waals surface area contributed by atoms with Gasteiger partial charge in [0, 0.05) is 5.56 Å². The van der Waals surface area contributed by atoms with Gasteiger partial charge in [0.1, 0.15) is 5.82 Å². The number of hydrogen-bond donors (Lipinski definition) is 2. The van der Waals surface area contributed by atoms with Gasteiger partial charge in [0.15, 0.2) is 0 Å². The Morgan fingerprint density at radius 3 is 2.33 bits per heavy atom. The minimum atomic E-state index is -0.674. The number of carbonyl (C=O) groups is 1. The maximum absolute atomic E-state index is 13.3. The number of benzene rings is 1. The van der Waals surface area contributed by atoms with Crippen LogP contribution in [0, 0.1) is 5.82 Å². The van der Waals surface area contributed by atoms with Gasteiger partial charge in [0.25, 0.3) is 5.91 Å². The number of nitrogen functional groups attached to an aromatic ring is 1. The van der Waals surface area contributed by atoms with Crippen molar-refractivity contribution in [2.24, 2.45) is 0 Å². The molecule has 8 heteroatoms. The highest BCUT2D eigenvalue weighted by molar-refractivity contribution is 6.03. The molecular formula is C13H13FN4O3. The number of aromatic nitrogens is 2. The van der Waals surface area contributed by atoms with Crippen molar-refractivity contribution in [3.63, 3.8) is 0 Å². The Morgan fingerprint density at radius 1 is 1.19 bits per heavy atom. The van der Waals surface area contributed by atoms with Gasteiger partial charge in [-0.2, -0.15) is 9.97 Å². The van der Waals surface area contributed by atoms with E-state index in [4.69, 9.17) is 15.2 Å². The zero-order valence-corrected chi connectivity index (χ0v) is 11.4. The first-order valence-corrected chi connectivity index (χ1v) is 5.87. The first-order chi connectivity index (χ1) is 10.0. The van der Waals surface area contributed by atoms with E-state index in [9.17, 15) is 9.18 Å². The molecule has 1 heterocycles. The van der Waals surface area contributed by atoms with Crippen molar-refractivity contribution in [1.29, 1.82) is 0 Å². The molecule has 0 radical (unpaired) electrons. The van der Waals surface area contributed by atoms with E-state index in [2.05, 4.69) is 15.3 Å². The summed E-state index contributed by atoms with van der Waals surface area (Å²) in [4.78, 5) is 19.9. The predicted octanol–water partition coefficient (Wildman–Crippen LogP) is 1.47. The number of amides is 1. The Bertz CT molecular complexity index is 656. The molecule has 0 atom stereocenters. The van der Waals surface area contributed by atoms with Gasteiger partial charge in [-0.15, -0.1) is 0 Å². The number of carbonyl (C=O) groups excluding carboxylic acids is 1. The second kappa shape index (κ2) is 6.04. The first-order valence-electron chi connectivity index (χ1n) is 5.87. The highest BCUT2D eigenvalue weighted by atomic mass is 19.1. The summed E-state index contributed by atoms with van der Waals surface area (Å²) in [5.74, 6) is -0.828. The summed E-state index contributed by atoms with van der Waals surface area (Å²) in [5, 5.41) is 2.43. The smallest absolute Gasteiger partial charge is 0.258 e. The number of anilines is 2. The number of rotatable bonds is 4. The zero-order valence-electron chi connectivity index (χ0n) is 11.4. The number of halogens is 1. The lowest BCUT2D eigenvalue weighted by atomic mass is 10.2. The number of methoxy groups -OCH3 is 2. The van der Waals surface area contributed by atoms with Crippen molar-refractivity contribution in [3.8, 4) is 11.8 Å². The van der Waals surface area contributed by atoms with E-state index >= 15 is 0 Å². The molecule has 21 heavy (non-hydrogen) atoms. The highest BCUT2D eigenvalue weighted by Gasteiger charge is 2.12. The Kier molecular flexibility index (Phi) is 4.17. The van der Waals surface area contributed by atoms with Crippen LogP contribution in [0.2, 0.25) is 0 Å². The van der Waals surface area contributed by atoms with Crippen LogP contribution in [0.3, 0.4) is 0 Å². The van der Waals surface area contributed by atoms with E-state index in [-0.39, 0.29) is 29.0 Å². The van der Waals surface area contributed by atoms with Crippen LogP contribution in [-0.2, 0) is 0 Å². The van der Waals surface area contributed by atoms with Gasteiger partial charge in [-0.1, -0.05) is 0 Å². The van der Waals surface area contributed by atoms with E-state index in [1.807, 2.05) is 0 Å². The predicted molar refractivity (Wildman–Crippen MR) is 73.9 cm³/mol. The molecule has 0 aliphatic rings. The largest absolute Gasteiger partial charge is 0.481 e. The first kappa shape index (κ1) is 14.5. The normalized spacial score (nSPS) is 10.0. The standard InChI is InChI=1S/C13H13FN4O3/c1-20-10-6-11(21-2)17-13(16-10)18-12(19)7-3-4-9(15)8(14)5-7/h3-6H,15H2,1-2H3,(H,16,17,18,19). The molecule has 0 unspecified atom stereocenters. The van der Waals surface area contributed by atoms with Crippen LogP contribution in [0.15, 0.2) is 24.3 Å². The fourth-order valence-corrected chi connectivity index (χ4v) is 1.51. The summed E-state index contributed by atoms with van der Waals surface area (Å²) in [6, 6.07) is 5.18. The van der Waals surface area contributed by atoms with Crippen LogP contribution in [-0.4, -0.2) is 30.1 Å². The average molecular weight is 292 g/mol. The monoisotopic (exact) mass is 292 g/mol. The fourth-order valence-electron chi connectivity index (χ4n) is 1.51. The van der Waals surface area contributed by atoms with Crippen molar-refractivity contribution in [3.05, 3.63) is 35.6 Å². The van der Waals surface area contributed by atoms with Gasteiger partial charge >= 0.3 is 0 Å². The molecule has 2 aromatic rings. The maximum Gasteiger partial charge on any atom is 0.258 e. The summed E-state index contributed by atoms with van der Waals surface area (Å²) >= 11 is 0. The molecule has 0 aliphatic heterocycles. The molecule has 0 bridgehead atoms. The summed E-state index contributed by atoms with van der Waals surface area (Å²) in [6.45, 7) is 0. The fraction of sp³-hybridized carbons (Fsp3) is 0.154. The van der Waals surface area contributed by atoms with Crippen LogP contribution < -0.4 is 20.5 Å². The van der Waals surface area contributed by atoms with Gasteiger partial charge in [0.05, 0.1) is 26.0 Å². The lowest BCUT2D eigenvalue weighted by Crippen LogP contribution is -2.15. The summed E-state index contributed by atoms with van der Waals surface area (Å²) in [6.07, 6.45) is 0. The molecule has 7 nitrogen and oxygen atoms in total. The van der Waals surface area contributed by atoms with E-state index in [1.165, 1.54) is 32.4 Å². The van der Waals surface area contributed by atoms with Crippen LogP contribution in [0.25, 0.3) is 0 Å². The topological polar surface area (TPSA) is 99.4 Å². The summed E-state index contributed by atoms with van der Waals surface area (Å²) in [7, 11) is 2.84. The molecule has 0 saturated carbocycles. The van der Waals surface area contributed by atoms with Crippen LogP contribution in [0.1, 0.15) is 10.4 Å². The minimum absolute atomic E-state index is 0.0200. The Morgan fingerprint density at radius 2 is 1.81 bits per heavy atom. The zero-order chi connectivity index (χ0) is 15.4. The number of hydrogen-bond acceptors (Lipinski definition) is 6. The highest BCUT2D eigenvalue weighted by Crippen LogP contribution is 2.18. The molecular weight excluding hydrogens is 279 g/mol. The third-order valence-electron chi connectivity index (χ3n) is 2.59. The van der Waals surface area contributed by atoms with E-state index in [0.29, 0.717) is 0 Å². The molecule has 1 aromatic heterocycles. The number of nitrogens with one attached hydrogen (secondary N) is 1. The second-order valence-corrected chi connectivity index (χ2v) is 3.97. The second-order valence-electron chi connectivity index (χ2n) is 3.97. The molecule has 2 rings (SSSR count). The average Bonchev–Trinajstić information content (AvgIpc) is 2.49. The summed E-state index contributed by atoms with van der Waals surface area (Å²) in [5.41, 5.74) is 5.41. The number of nitrogens with zero attached hydrogens (tertiary/aromatic N) is 2. The van der Waals surface area contributed by atoms with E-state index in [0.717, 1.165) is 6.07 Å². The molecule has 110 valence electrons. The quantitative estimate of drug-likeness (QED) is 0.828. The Balaban J connectivity index is 2.24. The maximum atomic E-state index is 13.3. The van der Waals surface area contributed by atoms with Crippen molar-refractivity contribution in [2.45, 2.75) is 0 Å². The SMILES string of the molecule is COc1cc(OC)nc(NC(=O)c2ccc(N)c(F)c2)n1. The molecule has 0 fully saturated rings. The third kappa shape index (κ3) is 3.35. The molecule has 3 N–H and O–H groups in total. The van der Waals surface area contributed by atoms with Crippen LogP contribution in [0.5, 0.6) is 11.8 Å². The van der Waals surface area contributed by atoms with Crippen LogP contribution in [0.4, 0.5) is 16.0 Å². The lowest BCUT2D eigenvalue weighted by molar-refractivity contribution is 0.102. The van der Waals surface area contributed by atoms with Crippen molar-refractivity contribution in [1.82, 2.24) is 9.97 Å². The van der Waals surface area contributed by atoms with E-state index in [1.54, 1.807) is 0 Å². The van der Waals surface area contributed by atoms with Crippen molar-refractivity contribution in [2.75, 3.05) is 25.3 Å². The molecule has 0 saturated heterocycles.